The lowest BCUT2D eigenvalue weighted by Crippen LogP contribution is -2.25. The smallest absolute Gasteiger partial charge is 0.338 e. The Morgan fingerprint density at radius 2 is 2.14 bits per heavy atom. The molecule has 2 aromatic rings. The lowest BCUT2D eigenvalue weighted by atomic mass is 10.2. The first kappa shape index (κ1) is 15.0. The zero-order valence-electron chi connectivity index (χ0n) is 11.3. The molecule has 1 aromatic heterocycles. The van der Waals surface area contributed by atoms with Gasteiger partial charge in [-0.2, -0.15) is 0 Å². The predicted octanol–water partition coefficient (Wildman–Crippen LogP) is 1.63. The summed E-state index contributed by atoms with van der Waals surface area (Å²) in [6.45, 7) is -0.890. The molecule has 0 bridgehead atoms. The van der Waals surface area contributed by atoms with Crippen molar-refractivity contribution >= 4 is 11.9 Å². The van der Waals surface area contributed by atoms with Crippen LogP contribution in [0.2, 0.25) is 0 Å². The fourth-order valence-electron chi connectivity index (χ4n) is 1.60. The summed E-state index contributed by atoms with van der Waals surface area (Å²) in [5.74, 6) is -0.242. The lowest BCUT2D eigenvalue weighted by Gasteiger charge is -2.15. The van der Waals surface area contributed by atoms with Gasteiger partial charge in [-0.3, -0.25) is 4.57 Å². The van der Waals surface area contributed by atoms with Gasteiger partial charge in [-0.15, -0.1) is 0 Å². The molecule has 0 fully saturated rings. The number of rotatable bonds is 7. The maximum absolute atomic E-state index is 12.9. The average molecular weight is 293 g/mol. The van der Waals surface area contributed by atoms with Gasteiger partial charge in [0, 0.05) is 12.4 Å². The second-order valence-electron chi connectivity index (χ2n) is 4.29. The van der Waals surface area contributed by atoms with Gasteiger partial charge in [0.05, 0.1) is 5.56 Å². The highest BCUT2D eigenvalue weighted by Crippen LogP contribution is 2.05. The van der Waals surface area contributed by atoms with Gasteiger partial charge in [0.15, 0.2) is 0 Å². The number of aromatic nitrogens is 2. The summed E-state index contributed by atoms with van der Waals surface area (Å²) in [4.78, 5) is 15.5. The first-order valence-corrected chi connectivity index (χ1v) is 6.37. The molecule has 0 aliphatic carbocycles. The van der Waals surface area contributed by atoms with Gasteiger partial charge in [0.1, 0.15) is 26.1 Å². The van der Waals surface area contributed by atoms with Gasteiger partial charge in [0.2, 0.25) is 5.95 Å². The number of hydrogen-bond acceptors (Lipinski definition) is 5. The number of hydrogen-bond donors (Lipinski definition) is 1. The standard InChI is InChI=1S/C14H16FN3O3/c15-8-12(21-10-18-7-6-17-14(18)16)9-20-13(19)11-4-2-1-3-5-11/h1-7,12H,8-10H2,(H2,16,17). The van der Waals surface area contributed by atoms with Crippen molar-refractivity contribution in [2.24, 2.45) is 0 Å². The van der Waals surface area contributed by atoms with Crippen LogP contribution in [-0.2, 0) is 16.2 Å². The summed E-state index contributed by atoms with van der Waals surface area (Å²) in [7, 11) is 0. The number of nitrogens with zero attached hydrogens (tertiary/aromatic N) is 2. The van der Waals surface area contributed by atoms with E-state index in [-0.39, 0.29) is 19.3 Å². The predicted molar refractivity (Wildman–Crippen MR) is 74.2 cm³/mol. The monoisotopic (exact) mass is 293 g/mol. The summed E-state index contributed by atoms with van der Waals surface area (Å²) in [5, 5.41) is 0. The molecule has 6 nitrogen and oxygen atoms in total. The van der Waals surface area contributed by atoms with Crippen LogP contribution in [0.5, 0.6) is 0 Å². The van der Waals surface area contributed by atoms with E-state index in [1.807, 2.05) is 0 Å². The Hall–Kier alpha value is -2.41. The fourth-order valence-corrected chi connectivity index (χ4v) is 1.60. The van der Waals surface area contributed by atoms with E-state index in [0.29, 0.717) is 5.56 Å². The Kier molecular flexibility index (Phi) is 5.28. The number of esters is 1. The quantitative estimate of drug-likeness (QED) is 0.785. The minimum Gasteiger partial charge on any atom is -0.459 e. The van der Waals surface area contributed by atoms with Crippen LogP contribution in [0.4, 0.5) is 10.3 Å². The Bertz CT molecular complexity index is 574. The zero-order chi connectivity index (χ0) is 15.1. The van der Waals surface area contributed by atoms with Crippen LogP contribution < -0.4 is 5.73 Å². The van der Waals surface area contributed by atoms with Gasteiger partial charge in [-0.1, -0.05) is 18.2 Å². The molecule has 0 aliphatic heterocycles. The number of alkyl halides is 1. The van der Waals surface area contributed by atoms with Crippen molar-refractivity contribution in [3.05, 3.63) is 48.3 Å². The number of halogens is 1. The number of ether oxygens (including phenoxy) is 2. The second kappa shape index (κ2) is 7.39. The highest BCUT2D eigenvalue weighted by molar-refractivity contribution is 5.89. The van der Waals surface area contributed by atoms with Crippen LogP contribution in [0.25, 0.3) is 0 Å². The van der Waals surface area contributed by atoms with E-state index in [1.54, 1.807) is 36.5 Å². The highest BCUT2D eigenvalue weighted by atomic mass is 19.1. The van der Waals surface area contributed by atoms with Crippen LogP contribution in [0.3, 0.4) is 0 Å². The van der Waals surface area contributed by atoms with E-state index in [0.717, 1.165) is 0 Å². The van der Waals surface area contributed by atoms with E-state index in [2.05, 4.69) is 4.98 Å². The lowest BCUT2D eigenvalue weighted by molar-refractivity contribution is -0.0432. The highest BCUT2D eigenvalue weighted by Gasteiger charge is 2.14. The van der Waals surface area contributed by atoms with Crippen LogP contribution >= 0.6 is 0 Å². The Morgan fingerprint density at radius 1 is 1.38 bits per heavy atom. The fraction of sp³-hybridized carbons (Fsp3) is 0.286. The Balaban J connectivity index is 1.80. The number of benzene rings is 1. The number of nitrogens with two attached hydrogens (primary N) is 1. The number of imidazole rings is 1. The summed E-state index contributed by atoms with van der Waals surface area (Å²) in [6, 6.07) is 8.49. The topological polar surface area (TPSA) is 79.4 Å². The van der Waals surface area contributed by atoms with Crippen molar-refractivity contribution in [3.8, 4) is 0 Å². The summed E-state index contributed by atoms with van der Waals surface area (Å²) in [5.41, 5.74) is 5.97. The third-order valence-corrected chi connectivity index (χ3v) is 2.78. The molecule has 0 saturated heterocycles. The van der Waals surface area contributed by atoms with Gasteiger partial charge < -0.3 is 15.2 Å². The third-order valence-electron chi connectivity index (χ3n) is 2.78. The average Bonchev–Trinajstić information content (AvgIpc) is 2.93. The molecule has 1 aromatic carbocycles. The van der Waals surface area contributed by atoms with E-state index >= 15 is 0 Å². The molecule has 1 atom stereocenters. The summed E-state index contributed by atoms with van der Waals surface area (Å²) >= 11 is 0. The van der Waals surface area contributed by atoms with Crippen molar-refractivity contribution in [3.63, 3.8) is 0 Å². The van der Waals surface area contributed by atoms with Gasteiger partial charge in [-0.05, 0) is 12.1 Å². The molecule has 0 spiro atoms. The van der Waals surface area contributed by atoms with Gasteiger partial charge in [-0.25, -0.2) is 14.2 Å². The number of anilines is 1. The van der Waals surface area contributed by atoms with Crippen LogP contribution in [0.15, 0.2) is 42.7 Å². The van der Waals surface area contributed by atoms with Gasteiger partial charge in [0.25, 0.3) is 0 Å². The third kappa shape index (κ3) is 4.28. The van der Waals surface area contributed by atoms with E-state index in [4.69, 9.17) is 15.2 Å². The van der Waals surface area contributed by atoms with Crippen molar-refractivity contribution in [1.29, 1.82) is 0 Å². The molecule has 1 heterocycles. The Morgan fingerprint density at radius 3 is 2.76 bits per heavy atom. The first-order chi connectivity index (χ1) is 10.2. The minimum absolute atomic E-state index is 0.0449. The second-order valence-corrected chi connectivity index (χ2v) is 4.29. The first-order valence-electron chi connectivity index (χ1n) is 6.37. The molecule has 0 aliphatic rings. The SMILES string of the molecule is Nc1nccn1COC(CF)COC(=O)c1ccccc1. The maximum atomic E-state index is 12.9. The zero-order valence-corrected chi connectivity index (χ0v) is 11.3. The summed E-state index contributed by atoms with van der Waals surface area (Å²) < 4.78 is 24.7. The van der Waals surface area contributed by atoms with Crippen molar-refractivity contribution < 1.29 is 18.7 Å². The van der Waals surface area contributed by atoms with Crippen molar-refractivity contribution in [1.82, 2.24) is 9.55 Å². The number of carbonyl (C=O) groups is 1. The molecule has 2 N–H and O–H groups in total. The molecular formula is C14H16FN3O3. The molecule has 7 heteroatoms. The van der Waals surface area contributed by atoms with Crippen LogP contribution in [-0.4, -0.2) is 34.9 Å². The number of carbonyl (C=O) groups excluding carboxylic acids is 1. The molecule has 0 saturated carbocycles. The maximum Gasteiger partial charge on any atom is 0.338 e. The van der Waals surface area contributed by atoms with E-state index in [9.17, 15) is 9.18 Å². The molecular weight excluding hydrogens is 277 g/mol. The van der Waals surface area contributed by atoms with Crippen molar-refractivity contribution in [2.75, 3.05) is 19.0 Å². The van der Waals surface area contributed by atoms with Crippen molar-refractivity contribution in [2.45, 2.75) is 12.8 Å². The molecule has 21 heavy (non-hydrogen) atoms. The Labute approximate surface area is 121 Å². The van der Waals surface area contributed by atoms with Crippen LogP contribution in [0, 0.1) is 0 Å². The molecule has 2 rings (SSSR count). The number of nitrogen functional groups attached to an aromatic ring is 1. The van der Waals surface area contributed by atoms with Crippen LogP contribution in [0.1, 0.15) is 10.4 Å². The largest absolute Gasteiger partial charge is 0.459 e. The van der Waals surface area contributed by atoms with E-state index < -0.39 is 18.7 Å². The van der Waals surface area contributed by atoms with Gasteiger partial charge >= 0.3 is 5.97 Å². The molecule has 0 radical (unpaired) electrons. The molecule has 1 unspecified atom stereocenters. The normalized spacial score (nSPS) is 12.0. The minimum atomic E-state index is -0.848. The summed E-state index contributed by atoms with van der Waals surface area (Å²) in [6.07, 6.45) is 2.28. The van der Waals surface area contributed by atoms with E-state index in [1.165, 1.54) is 10.8 Å². The molecule has 0 amide bonds. The molecule has 112 valence electrons.